The van der Waals surface area contributed by atoms with Gasteiger partial charge in [0.2, 0.25) is 11.9 Å². The van der Waals surface area contributed by atoms with Gasteiger partial charge in [0.25, 0.3) is 0 Å². The fourth-order valence-corrected chi connectivity index (χ4v) is 9.59. The number of fused-ring (bicyclic) bond motifs is 2. The van der Waals surface area contributed by atoms with Gasteiger partial charge in [-0.05, 0) is 73.6 Å². The van der Waals surface area contributed by atoms with E-state index in [1.54, 1.807) is 0 Å². The van der Waals surface area contributed by atoms with E-state index in [1.807, 2.05) is 12.4 Å². The van der Waals surface area contributed by atoms with Gasteiger partial charge in [-0.1, -0.05) is 59.3 Å². The Hall–Kier alpha value is -6.54. The average molecular weight is 839 g/mol. The lowest BCUT2D eigenvalue weighted by Gasteiger charge is -2.24. The van der Waals surface area contributed by atoms with Crippen molar-refractivity contribution in [3.8, 4) is 27.9 Å². The minimum atomic E-state index is 0.108. The summed E-state index contributed by atoms with van der Waals surface area (Å²) in [6.45, 7) is 5.34. The standard InChI is InChI=1S/C50H55N13/c1-60(2)19-10-20-62(5)50-40-22-33(36-24-53-54-25-36)15-17-46(40)57-48(59-50)44-30-52-28-42(44)35-13-9-14-38(21-35)63-31-37(26-55-63)34-16-18-45-39(23-34)49(61(3)4)58-47(56-45)43-29-51-27-41(43)32-11-7-6-8-12-32/h6-9,11-18,21-26,31,41-44,51-52H,10,19-20,27-30H2,1-5H3,(H,53,54)/p+1. The van der Waals surface area contributed by atoms with Crippen LogP contribution in [0.25, 0.3) is 49.7 Å². The molecule has 2 aliphatic rings. The van der Waals surface area contributed by atoms with Gasteiger partial charge in [0.15, 0.2) is 0 Å². The lowest BCUT2D eigenvalue weighted by Crippen LogP contribution is -2.31. The van der Waals surface area contributed by atoms with Crippen molar-refractivity contribution in [3.63, 3.8) is 0 Å². The molecule has 13 nitrogen and oxygen atoms in total. The van der Waals surface area contributed by atoms with Crippen LogP contribution < -0.4 is 25.1 Å². The molecule has 0 bridgehead atoms. The third-order valence-corrected chi connectivity index (χ3v) is 13.0. The summed E-state index contributed by atoms with van der Waals surface area (Å²) >= 11 is 0. The van der Waals surface area contributed by atoms with Gasteiger partial charge in [-0.3, -0.25) is 5.10 Å². The highest BCUT2D eigenvalue weighted by molar-refractivity contribution is 5.94. The molecule has 0 aliphatic carbocycles. The highest BCUT2D eigenvalue weighted by Crippen LogP contribution is 2.39. The molecule has 2 aliphatic heterocycles. The van der Waals surface area contributed by atoms with E-state index in [1.165, 1.54) is 11.1 Å². The Labute approximate surface area is 368 Å². The van der Waals surface area contributed by atoms with Crippen LogP contribution in [0, 0.1) is 0 Å². The maximum Gasteiger partial charge on any atom is 0.235 e. The lowest BCUT2D eigenvalue weighted by molar-refractivity contribution is -0.655. The monoisotopic (exact) mass is 838 g/mol. The minimum absolute atomic E-state index is 0.108. The van der Waals surface area contributed by atoms with Gasteiger partial charge in [0.1, 0.15) is 23.3 Å². The first-order valence-electron chi connectivity index (χ1n) is 22.1. The van der Waals surface area contributed by atoms with Gasteiger partial charge >= 0.3 is 0 Å². The summed E-state index contributed by atoms with van der Waals surface area (Å²) in [5.74, 6) is 4.52. The van der Waals surface area contributed by atoms with Crippen LogP contribution in [0.4, 0.5) is 11.6 Å². The van der Waals surface area contributed by atoms with Gasteiger partial charge in [0.05, 0.1) is 29.0 Å². The van der Waals surface area contributed by atoms with E-state index in [0.29, 0.717) is 5.92 Å². The molecule has 4 N–H and O–H groups in total. The van der Waals surface area contributed by atoms with Crippen LogP contribution in [0.1, 0.15) is 52.9 Å². The van der Waals surface area contributed by atoms with Crippen LogP contribution in [-0.4, -0.2) is 115 Å². The third-order valence-electron chi connectivity index (χ3n) is 13.0. The molecule has 4 unspecified atom stereocenters. The topological polar surface area (TPSA) is 134 Å². The summed E-state index contributed by atoms with van der Waals surface area (Å²) in [5.41, 5.74) is 9.89. The third kappa shape index (κ3) is 8.15. The number of rotatable bonds is 13. The van der Waals surface area contributed by atoms with Crippen molar-refractivity contribution in [2.45, 2.75) is 30.1 Å². The number of H-pyrrole nitrogens is 2. The van der Waals surface area contributed by atoms with Crippen molar-refractivity contribution in [2.24, 2.45) is 0 Å². The van der Waals surface area contributed by atoms with Gasteiger partial charge < -0.3 is 25.3 Å². The Morgan fingerprint density at radius 3 is 1.89 bits per heavy atom. The maximum atomic E-state index is 5.39. The van der Waals surface area contributed by atoms with Crippen molar-refractivity contribution in [1.29, 1.82) is 0 Å². The maximum absolute atomic E-state index is 5.39. The summed E-state index contributed by atoms with van der Waals surface area (Å²) in [5, 5.41) is 20.0. The molecule has 4 aromatic heterocycles. The molecular formula is C50H56N13+. The Morgan fingerprint density at radius 1 is 0.587 bits per heavy atom. The molecular weight excluding hydrogens is 783 g/mol. The quantitative estimate of drug-likeness (QED) is 0.0939. The fraction of sp³-hybridized carbons (Fsp3) is 0.320. The predicted molar refractivity (Wildman–Crippen MR) is 252 cm³/mol. The van der Waals surface area contributed by atoms with E-state index >= 15 is 0 Å². The Morgan fingerprint density at radius 2 is 1.22 bits per heavy atom. The second-order valence-corrected chi connectivity index (χ2v) is 17.7. The van der Waals surface area contributed by atoms with Crippen molar-refractivity contribution >= 4 is 33.4 Å². The molecule has 2 fully saturated rings. The zero-order valence-electron chi connectivity index (χ0n) is 36.8. The number of aromatic amines is 2. The van der Waals surface area contributed by atoms with Gasteiger partial charge in [-0.25, -0.2) is 19.9 Å². The van der Waals surface area contributed by atoms with Crippen LogP contribution in [0.15, 0.2) is 116 Å². The number of hydrogen-bond donors (Lipinski definition) is 4. The largest absolute Gasteiger partial charge is 0.362 e. The number of anilines is 2. The fourth-order valence-electron chi connectivity index (χ4n) is 9.59. The molecule has 4 atom stereocenters. The van der Waals surface area contributed by atoms with Crippen molar-refractivity contribution in [3.05, 3.63) is 139 Å². The first-order valence-corrected chi connectivity index (χ1v) is 22.1. The highest BCUT2D eigenvalue weighted by Gasteiger charge is 2.35. The SMILES string of the molecule is CN(C)CCCN(C)c1nc(C2CNCC2c2cccc(-[n+]3cc(-c4ccc5nc(C6CNCC6c6ccccc6)nc(N(C)C)c5c4)c[nH]3)c2)nc2ccc(-c3cn[nH]c3)cc12. The molecule has 0 saturated carbocycles. The van der Waals surface area contributed by atoms with E-state index in [9.17, 15) is 0 Å². The smallest absolute Gasteiger partial charge is 0.235 e. The summed E-state index contributed by atoms with van der Waals surface area (Å²) < 4.78 is 2.11. The zero-order chi connectivity index (χ0) is 43.0. The summed E-state index contributed by atoms with van der Waals surface area (Å²) in [6.07, 6.45) is 9.07. The van der Waals surface area contributed by atoms with E-state index in [-0.39, 0.29) is 17.8 Å². The number of nitrogens with zero attached hydrogens (tertiary/aromatic N) is 9. The van der Waals surface area contributed by atoms with Crippen molar-refractivity contribution < 1.29 is 4.68 Å². The Balaban J connectivity index is 0.928. The number of hydrogen-bond acceptors (Lipinski definition) is 10. The summed E-state index contributed by atoms with van der Waals surface area (Å²) in [7, 11) is 10.5. The van der Waals surface area contributed by atoms with Crippen LogP contribution in [0.3, 0.4) is 0 Å². The average Bonchev–Trinajstić information content (AvgIpc) is 4.16. The second kappa shape index (κ2) is 17.3. The molecule has 0 spiro atoms. The number of aromatic nitrogens is 8. The molecule has 10 rings (SSSR count). The minimum Gasteiger partial charge on any atom is -0.362 e. The number of nitrogens with one attached hydrogen (secondary N) is 4. The predicted octanol–water partition coefficient (Wildman–Crippen LogP) is 6.63. The van der Waals surface area contributed by atoms with Gasteiger partial charge in [-0.15, -0.1) is 0 Å². The molecule has 4 aromatic carbocycles. The molecule has 0 radical (unpaired) electrons. The second-order valence-electron chi connectivity index (χ2n) is 17.7. The lowest BCUT2D eigenvalue weighted by atomic mass is 9.88. The summed E-state index contributed by atoms with van der Waals surface area (Å²) in [6, 6.07) is 32.6. The number of benzene rings is 4. The Kier molecular flexibility index (Phi) is 11.1. The van der Waals surface area contributed by atoms with E-state index in [4.69, 9.17) is 19.9 Å². The zero-order valence-corrected chi connectivity index (χ0v) is 36.8. The molecule has 320 valence electrons. The highest BCUT2D eigenvalue weighted by atomic mass is 15.3. The van der Waals surface area contributed by atoms with Gasteiger partial charge in [-0.2, -0.15) is 10.2 Å². The first kappa shape index (κ1) is 40.5. The van der Waals surface area contributed by atoms with Crippen molar-refractivity contribution in [2.75, 3.05) is 84.3 Å². The Bertz CT molecular complexity index is 2850. The molecule has 6 heterocycles. The normalized spacial score (nSPS) is 18.8. The molecule has 13 heteroatoms. The molecule has 2 saturated heterocycles. The first-order chi connectivity index (χ1) is 30.8. The van der Waals surface area contributed by atoms with E-state index < -0.39 is 0 Å². The van der Waals surface area contributed by atoms with Crippen LogP contribution in [-0.2, 0) is 0 Å². The van der Waals surface area contributed by atoms with Crippen LogP contribution in [0.2, 0.25) is 0 Å². The molecule has 0 amide bonds. The summed E-state index contributed by atoms with van der Waals surface area (Å²) in [4.78, 5) is 27.7. The van der Waals surface area contributed by atoms with Crippen LogP contribution in [0.5, 0.6) is 0 Å². The molecule has 8 aromatic rings. The van der Waals surface area contributed by atoms with Crippen molar-refractivity contribution in [1.82, 2.24) is 50.8 Å². The van der Waals surface area contributed by atoms with Gasteiger partial charge in [0, 0.05) is 112 Å². The van der Waals surface area contributed by atoms with E-state index in [0.717, 1.165) is 119 Å². The molecule has 63 heavy (non-hydrogen) atoms. The van der Waals surface area contributed by atoms with E-state index in [2.05, 4.69) is 184 Å². The van der Waals surface area contributed by atoms with Crippen LogP contribution >= 0.6 is 0 Å².